The second-order valence-corrected chi connectivity index (χ2v) is 5.49. The lowest BCUT2D eigenvalue weighted by Gasteiger charge is -2.23. The maximum atomic E-state index is 12.2. The molecule has 1 unspecified atom stereocenters. The molecule has 0 spiro atoms. The van der Waals surface area contributed by atoms with E-state index in [0.29, 0.717) is 12.0 Å². The van der Waals surface area contributed by atoms with Crippen molar-refractivity contribution >= 4 is 27.7 Å². The minimum absolute atomic E-state index is 0.0852. The van der Waals surface area contributed by atoms with E-state index in [2.05, 4.69) is 25.9 Å². The molecule has 1 heterocycles. The fourth-order valence-corrected chi connectivity index (χ4v) is 3.10. The number of hydrogen-bond donors (Lipinski definition) is 1. The van der Waals surface area contributed by atoms with Crippen molar-refractivity contribution < 1.29 is 4.79 Å². The van der Waals surface area contributed by atoms with E-state index in [9.17, 15) is 4.79 Å². The van der Waals surface area contributed by atoms with Gasteiger partial charge in [0.15, 0.2) is 5.78 Å². The van der Waals surface area contributed by atoms with Gasteiger partial charge < -0.3 is 5.73 Å². The number of nitrogens with zero attached hydrogens (tertiary/aromatic N) is 2. The van der Waals surface area contributed by atoms with Crippen molar-refractivity contribution in [2.24, 2.45) is 0 Å². The normalized spacial score (nSPS) is 18.2. The third-order valence-electron chi connectivity index (χ3n) is 3.40. The third-order valence-corrected chi connectivity index (χ3v) is 4.13. The van der Waals surface area contributed by atoms with E-state index in [4.69, 9.17) is 5.73 Å². The van der Waals surface area contributed by atoms with Crippen molar-refractivity contribution in [3.8, 4) is 0 Å². The monoisotopic (exact) mass is 317 g/mol. The number of carbonyl (C=O) groups is 1. The average Bonchev–Trinajstić information content (AvgIpc) is 2.38. The van der Waals surface area contributed by atoms with Crippen molar-refractivity contribution in [3.05, 3.63) is 51.8 Å². The molecule has 1 aromatic heterocycles. The number of aromatic nitrogens is 2. The number of hydrogen-bond acceptors (Lipinski definition) is 4. The highest BCUT2D eigenvalue weighted by molar-refractivity contribution is 9.10. The Kier molecular flexibility index (Phi) is 3.06. The van der Waals surface area contributed by atoms with Gasteiger partial charge in [-0.2, -0.15) is 0 Å². The predicted molar refractivity (Wildman–Crippen MR) is 76.0 cm³/mol. The maximum absolute atomic E-state index is 12.2. The van der Waals surface area contributed by atoms with Gasteiger partial charge in [-0.15, -0.1) is 0 Å². The first kappa shape index (κ1) is 12.3. The molecule has 0 saturated heterocycles. The van der Waals surface area contributed by atoms with Crippen LogP contribution in [0.2, 0.25) is 0 Å². The molecule has 96 valence electrons. The summed E-state index contributed by atoms with van der Waals surface area (Å²) in [5, 5.41) is 0. The fourth-order valence-electron chi connectivity index (χ4n) is 2.49. The third kappa shape index (κ3) is 2.26. The van der Waals surface area contributed by atoms with Crippen LogP contribution in [0.4, 0.5) is 5.95 Å². The van der Waals surface area contributed by atoms with Gasteiger partial charge in [-0.3, -0.25) is 4.79 Å². The molecule has 0 bridgehead atoms. The van der Waals surface area contributed by atoms with Gasteiger partial charge in [-0.25, -0.2) is 9.97 Å². The molecule has 1 aliphatic carbocycles. The summed E-state index contributed by atoms with van der Waals surface area (Å²) in [6, 6.07) is 7.97. The summed E-state index contributed by atoms with van der Waals surface area (Å²) in [7, 11) is 0. The topological polar surface area (TPSA) is 68.9 Å². The lowest BCUT2D eigenvalue weighted by molar-refractivity contribution is 0.0962. The Morgan fingerprint density at radius 1 is 1.26 bits per heavy atom. The quantitative estimate of drug-likeness (QED) is 0.878. The van der Waals surface area contributed by atoms with Gasteiger partial charge in [-0.05, 0) is 24.0 Å². The number of nitrogens with two attached hydrogens (primary N) is 1. The highest BCUT2D eigenvalue weighted by Gasteiger charge is 2.28. The number of rotatable bonds is 1. The average molecular weight is 318 g/mol. The molecule has 0 radical (unpaired) electrons. The van der Waals surface area contributed by atoms with Crippen molar-refractivity contribution in [2.75, 3.05) is 5.73 Å². The van der Waals surface area contributed by atoms with Crippen LogP contribution in [0.5, 0.6) is 0 Å². The molecule has 2 aromatic rings. The summed E-state index contributed by atoms with van der Waals surface area (Å²) in [5.74, 6) is 0.450. The molecule has 1 atom stereocenters. The van der Waals surface area contributed by atoms with Crippen molar-refractivity contribution in [1.82, 2.24) is 9.97 Å². The van der Waals surface area contributed by atoms with Crippen LogP contribution >= 0.6 is 15.9 Å². The van der Waals surface area contributed by atoms with Crippen LogP contribution in [0.15, 0.2) is 34.9 Å². The van der Waals surface area contributed by atoms with Crippen LogP contribution in [0.1, 0.15) is 34.0 Å². The van der Waals surface area contributed by atoms with E-state index in [1.54, 1.807) is 0 Å². The minimum atomic E-state index is 0.0852. The molecule has 5 heteroatoms. The Morgan fingerprint density at radius 2 is 2.05 bits per heavy atom. The number of carbonyl (C=O) groups excluding carboxylic acids is 1. The van der Waals surface area contributed by atoms with Gasteiger partial charge in [0, 0.05) is 17.1 Å². The zero-order valence-corrected chi connectivity index (χ0v) is 11.7. The number of ketones is 1. The summed E-state index contributed by atoms with van der Waals surface area (Å²) < 4.78 is 1.03. The highest BCUT2D eigenvalue weighted by atomic mass is 79.9. The first-order valence-corrected chi connectivity index (χ1v) is 6.83. The van der Waals surface area contributed by atoms with Gasteiger partial charge in [-0.1, -0.05) is 34.1 Å². The van der Waals surface area contributed by atoms with Crippen LogP contribution in [-0.2, 0) is 6.42 Å². The fraction of sp³-hybridized carbons (Fsp3) is 0.214. The molecule has 19 heavy (non-hydrogen) atoms. The number of anilines is 1. The van der Waals surface area contributed by atoms with E-state index in [0.717, 1.165) is 22.2 Å². The standard InChI is InChI=1S/C14H12BrN3O/c15-11-4-2-1-3-9(11)8-5-12-10(13(19)6-8)7-17-14(16)18-12/h1-4,7-8H,5-6H2,(H2,16,17,18). The van der Waals surface area contributed by atoms with Crippen molar-refractivity contribution in [2.45, 2.75) is 18.8 Å². The molecule has 0 saturated carbocycles. The highest BCUT2D eigenvalue weighted by Crippen LogP contribution is 2.35. The minimum Gasteiger partial charge on any atom is -0.368 e. The Hall–Kier alpha value is -1.75. The van der Waals surface area contributed by atoms with Gasteiger partial charge in [0.05, 0.1) is 11.3 Å². The SMILES string of the molecule is Nc1ncc2c(n1)CC(c1ccccc1Br)CC2=O. The maximum Gasteiger partial charge on any atom is 0.220 e. The number of nitrogen functional groups attached to an aromatic ring is 1. The number of Topliss-reactive ketones (excluding diaryl/α,β-unsaturated/α-hetero) is 1. The second-order valence-electron chi connectivity index (χ2n) is 4.64. The van der Waals surface area contributed by atoms with Crippen LogP contribution in [0, 0.1) is 0 Å². The van der Waals surface area contributed by atoms with Crippen LogP contribution < -0.4 is 5.73 Å². The summed E-state index contributed by atoms with van der Waals surface area (Å²) >= 11 is 3.54. The zero-order valence-electron chi connectivity index (χ0n) is 10.1. The zero-order chi connectivity index (χ0) is 13.4. The summed E-state index contributed by atoms with van der Waals surface area (Å²) in [6.45, 7) is 0. The molecular weight excluding hydrogens is 306 g/mol. The van der Waals surface area contributed by atoms with E-state index in [-0.39, 0.29) is 17.6 Å². The number of fused-ring (bicyclic) bond motifs is 1. The first-order valence-electron chi connectivity index (χ1n) is 6.04. The predicted octanol–water partition coefficient (Wildman–Crippen LogP) is 2.73. The van der Waals surface area contributed by atoms with Gasteiger partial charge in [0.1, 0.15) is 0 Å². The van der Waals surface area contributed by atoms with E-state index < -0.39 is 0 Å². The summed E-state index contributed by atoms with van der Waals surface area (Å²) in [5.41, 5.74) is 8.10. The first-order chi connectivity index (χ1) is 9.15. The second kappa shape index (κ2) is 4.74. The Labute approximate surface area is 119 Å². The van der Waals surface area contributed by atoms with Gasteiger partial charge >= 0.3 is 0 Å². The largest absolute Gasteiger partial charge is 0.368 e. The molecule has 0 amide bonds. The molecule has 0 fully saturated rings. The number of halogens is 1. The van der Waals surface area contributed by atoms with E-state index in [1.165, 1.54) is 6.20 Å². The molecule has 1 aromatic carbocycles. The molecule has 4 nitrogen and oxygen atoms in total. The molecular formula is C14H12BrN3O. The molecule has 1 aliphatic rings. The smallest absolute Gasteiger partial charge is 0.220 e. The molecule has 0 aliphatic heterocycles. The van der Waals surface area contributed by atoms with Crippen LogP contribution in [0.25, 0.3) is 0 Å². The lowest BCUT2D eigenvalue weighted by atomic mass is 9.82. The summed E-state index contributed by atoms with van der Waals surface area (Å²) in [6.07, 6.45) is 2.75. The van der Waals surface area contributed by atoms with E-state index in [1.807, 2.05) is 24.3 Å². The Bertz CT molecular complexity index is 657. The lowest BCUT2D eigenvalue weighted by Crippen LogP contribution is -2.21. The Morgan fingerprint density at radius 3 is 2.84 bits per heavy atom. The molecule has 2 N–H and O–H groups in total. The van der Waals surface area contributed by atoms with Gasteiger partial charge in [0.25, 0.3) is 0 Å². The molecule has 3 rings (SSSR count). The number of benzene rings is 1. The van der Waals surface area contributed by atoms with Gasteiger partial charge in [0.2, 0.25) is 5.95 Å². The van der Waals surface area contributed by atoms with Crippen molar-refractivity contribution in [3.63, 3.8) is 0 Å². The Balaban J connectivity index is 2.01. The van der Waals surface area contributed by atoms with Crippen LogP contribution in [0.3, 0.4) is 0 Å². The summed E-state index contributed by atoms with van der Waals surface area (Å²) in [4.78, 5) is 20.3. The van der Waals surface area contributed by atoms with E-state index >= 15 is 0 Å². The van der Waals surface area contributed by atoms with Crippen molar-refractivity contribution in [1.29, 1.82) is 0 Å². The van der Waals surface area contributed by atoms with Crippen LogP contribution in [-0.4, -0.2) is 15.8 Å².